The van der Waals surface area contributed by atoms with Crippen LogP contribution >= 0.6 is 11.6 Å². The van der Waals surface area contributed by atoms with Gasteiger partial charge in [0, 0.05) is 25.2 Å². The fraction of sp³-hybridized carbons (Fsp3) is 0.556. The van der Waals surface area contributed by atoms with Gasteiger partial charge in [-0.2, -0.15) is 12.7 Å². The maximum absolute atomic E-state index is 13.0. The molecule has 3 fully saturated rings. The molecule has 8 nitrogen and oxygen atoms in total. The highest BCUT2D eigenvalue weighted by Crippen LogP contribution is 2.44. The van der Waals surface area contributed by atoms with Gasteiger partial charge in [0.2, 0.25) is 0 Å². The molecule has 3 saturated heterocycles. The van der Waals surface area contributed by atoms with Crippen molar-refractivity contribution in [3.05, 3.63) is 28.3 Å². The van der Waals surface area contributed by atoms with Crippen LogP contribution in [0.4, 0.5) is 5.69 Å². The molecule has 0 unspecified atom stereocenters. The predicted octanol–water partition coefficient (Wildman–Crippen LogP) is 2.24. The Hall–Kier alpha value is -1.84. The molecular formula is C18H22ClN3O5S. The molecule has 0 radical (unpaired) electrons. The van der Waals surface area contributed by atoms with Crippen molar-refractivity contribution >= 4 is 39.4 Å². The third-order valence-corrected chi connectivity index (χ3v) is 7.69. The van der Waals surface area contributed by atoms with E-state index in [-0.39, 0.29) is 28.2 Å². The van der Waals surface area contributed by atoms with E-state index < -0.39 is 22.1 Å². The zero-order valence-electron chi connectivity index (χ0n) is 15.2. The zero-order chi connectivity index (χ0) is 20.1. The van der Waals surface area contributed by atoms with Crippen LogP contribution in [0.1, 0.15) is 59.2 Å². The first-order valence-corrected chi connectivity index (χ1v) is 11.3. The lowest BCUT2D eigenvalue weighted by Gasteiger charge is -2.28. The monoisotopic (exact) mass is 427 g/mol. The average Bonchev–Trinajstić information content (AvgIpc) is 3.37. The van der Waals surface area contributed by atoms with Gasteiger partial charge in [0.25, 0.3) is 5.91 Å². The van der Waals surface area contributed by atoms with Gasteiger partial charge in [-0.1, -0.05) is 11.6 Å². The van der Waals surface area contributed by atoms with Crippen LogP contribution in [-0.2, 0) is 10.2 Å². The summed E-state index contributed by atoms with van der Waals surface area (Å²) < 4.78 is 28.4. The summed E-state index contributed by atoms with van der Waals surface area (Å²) in [7, 11) is -3.96. The normalized spacial score (nSPS) is 24.7. The fourth-order valence-corrected chi connectivity index (χ4v) is 6.12. The van der Waals surface area contributed by atoms with Crippen molar-refractivity contribution < 1.29 is 23.1 Å². The maximum atomic E-state index is 13.0. The van der Waals surface area contributed by atoms with Gasteiger partial charge in [-0.3, -0.25) is 4.79 Å². The number of aromatic carboxylic acids is 1. The standard InChI is InChI=1S/C18H22ClN3O5S/c19-14-9-11(18(24)25)10-15(22-12-3-4-13(22)6-5-12)16(14)17(23)20-28(26,27)21-7-1-2-8-21/h9-10,12-13H,1-8H2,(H,20,23)(H,24,25). The number of carbonyl (C=O) groups is 2. The molecule has 0 spiro atoms. The Labute approximate surface area is 168 Å². The van der Waals surface area contributed by atoms with E-state index in [9.17, 15) is 23.1 Å². The topological polar surface area (TPSA) is 107 Å². The van der Waals surface area contributed by atoms with E-state index in [1.54, 1.807) is 0 Å². The number of carbonyl (C=O) groups excluding carboxylic acids is 1. The van der Waals surface area contributed by atoms with E-state index in [4.69, 9.17) is 11.6 Å². The first kappa shape index (κ1) is 19.5. The van der Waals surface area contributed by atoms with Crippen LogP contribution < -0.4 is 9.62 Å². The number of nitrogens with zero attached hydrogens (tertiary/aromatic N) is 2. The van der Waals surface area contributed by atoms with Crippen LogP contribution in [0, 0.1) is 0 Å². The van der Waals surface area contributed by atoms with Crippen LogP contribution in [0.5, 0.6) is 0 Å². The Morgan fingerprint density at radius 3 is 2.18 bits per heavy atom. The number of hydrogen-bond donors (Lipinski definition) is 2. The van der Waals surface area contributed by atoms with Crippen LogP contribution in [0.15, 0.2) is 12.1 Å². The van der Waals surface area contributed by atoms with Crippen molar-refractivity contribution in [1.29, 1.82) is 0 Å². The highest BCUT2D eigenvalue weighted by molar-refractivity contribution is 7.87. The Morgan fingerprint density at radius 1 is 1.07 bits per heavy atom. The second kappa shape index (κ2) is 7.20. The van der Waals surface area contributed by atoms with Crippen molar-refractivity contribution in [3.63, 3.8) is 0 Å². The minimum absolute atomic E-state index is 0.0215. The molecule has 0 saturated carbocycles. The number of carboxylic acid groups (broad SMARTS) is 1. The summed E-state index contributed by atoms with van der Waals surface area (Å²) in [6.07, 6.45) is 5.37. The van der Waals surface area contributed by atoms with Gasteiger partial charge in [0.05, 0.1) is 21.8 Å². The van der Waals surface area contributed by atoms with Gasteiger partial charge in [-0.05, 0) is 50.7 Å². The number of carboxylic acids is 1. The van der Waals surface area contributed by atoms with Crippen molar-refractivity contribution in [2.24, 2.45) is 0 Å². The molecule has 0 aliphatic carbocycles. The molecule has 28 heavy (non-hydrogen) atoms. The summed E-state index contributed by atoms with van der Waals surface area (Å²) in [4.78, 5) is 26.5. The number of halogens is 1. The molecule has 1 amide bonds. The summed E-state index contributed by atoms with van der Waals surface area (Å²) in [5, 5.41) is 9.34. The van der Waals surface area contributed by atoms with Crippen molar-refractivity contribution in [2.45, 2.75) is 50.6 Å². The van der Waals surface area contributed by atoms with Gasteiger partial charge in [0.15, 0.2) is 0 Å². The lowest BCUT2D eigenvalue weighted by Crippen LogP contribution is -2.42. The van der Waals surface area contributed by atoms with Crippen LogP contribution in [-0.4, -0.2) is 54.9 Å². The Morgan fingerprint density at radius 2 is 1.64 bits per heavy atom. The molecule has 152 valence electrons. The van der Waals surface area contributed by atoms with Gasteiger partial charge in [-0.25, -0.2) is 9.52 Å². The first-order chi connectivity index (χ1) is 13.3. The lowest BCUT2D eigenvalue weighted by molar-refractivity contribution is 0.0696. The van der Waals surface area contributed by atoms with Crippen LogP contribution in [0.2, 0.25) is 5.02 Å². The minimum Gasteiger partial charge on any atom is -0.478 e. The quantitative estimate of drug-likeness (QED) is 0.746. The van der Waals surface area contributed by atoms with Gasteiger partial charge in [-0.15, -0.1) is 0 Å². The molecule has 2 bridgehead atoms. The average molecular weight is 428 g/mol. The number of amides is 1. The fourth-order valence-electron chi connectivity index (χ4n) is 4.61. The zero-order valence-corrected chi connectivity index (χ0v) is 16.8. The predicted molar refractivity (Wildman–Crippen MR) is 104 cm³/mol. The summed E-state index contributed by atoms with van der Waals surface area (Å²) >= 11 is 6.30. The summed E-state index contributed by atoms with van der Waals surface area (Å²) in [6, 6.07) is 3.06. The van der Waals surface area contributed by atoms with Gasteiger partial charge < -0.3 is 10.0 Å². The highest BCUT2D eigenvalue weighted by atomic mass is 35.5. The Bertz CT molecular complexity index is 909. The molecule has 3 aliphatic heterocycles. The molecule has 1 aromatic carbocycles. The molecule has 4 rings (SSSR count). The molecule has 10 heteroatoms. The Balaban J connectivity index is 1.73. The number of anilines is 1. The van der Waals surface area contributed by atoms with Crippen molar-refractivity contribution in [1.82, 2.24) is 9.03 Å². The largest absolute Gasteiger partial charge is 0.478 e. The number of nitrogens with one attached hydrogen (secondary N) is 1. The van der Waals surface area contributed by atoms with E-state index in [2.05, 4.69) is 9.62 Å². The van der Waals surface area contributed by atoms with Crippen molar-refractivity contribution in [3.8, 4) is 0 Å². The van der Waals surface area contributed by atoms with Crippen LogP contribution in [0.25, 0.3) is 0 Å². The smallest absolute Gasteiger partial charge is 0.335 e. The molecule has 3 aliphatic rings. The van der Waals surface area contributed by atoms with Crippen LogP contribution in [0.3, 0.4) is 0 Å². The van der Waals surface area contributed by atoms with Crippen molar-refractivity contribution in [2.75, 3.05) is 18.0 Å². The Kier molecular flexibility index (Phi) is 5.01. The highest BCUT2D eigenvalue weighted by Gasteiger charge is 2.42. The number of fused-ring (bicyclic) bond motifs is 2. The molecule has 0 atom stereocenters. The molecule has 3 heterocycles. The molecule has 1 aromatic rings. The van der Waals surface area contributed by atoms with E-state index in [1.807, 2.05) is 0 Å². The molecule has 2 N–H and O–H groups in total. The maximum Gasteiger partial charge on any atom is 0.335 e. The third-order valence-electron chi connectivity index (χ3n) is 5.90. The number of benzene rings is 1. The van der Waals surface area contributed by atoms with E-state index in [0.717, 1.165) is 38.5 Å². The van der Waals surface area contributed by atoms with Gasteiger partial charge >= 0.3 is 16.2 Å². The van der Waals surface area contributed by atoms with E-state index >= 15 is 0 Å². The molecular weight excluding hydrogens is 406 g/mol. The SMILES string of the molecule is O=C(O)c1cc(Cl)c(C(=O)NS(=O)(=O)N2CCCC2)c(N2C3CCC2CC3)c1. The first-order valence-electron chi connectivity index (χ1n) is 9.45. The lowest BCUT2D eigenvalue weighted by atomic mass is 10.0. The summed E-state index contributed by atoms with van der Waals surface area (Å²) in [5.41, 5.74) is 0.405. The van der Waals surface area contributed by atoms with E-state index in [0.29, 0.717) is 18.8 Å². The second-order valence-corrected chi connectivity index (χ2v) is 9.65. The summed E-state index contributed by atoms with van der Waals surface area (Å²) in [5.74, 6) is -1.97. The summed E-state index contributed by atoms with van der Waals surface area (Å²) in [6.45, 7) is 0.745. The van der Waals surface area contributed by atoms with Gasteiger partial charge in [0.1, 0.15) is 0 Å². The third kappa shape index (κ3) is 3.35. The second-order valence-electron chi connectivity index (χ2n) is 7.57. The number of rotatable bonds is 5. The van der Waals surface area contributed by atoms with E-state index in [1.165, 1.54) is 16.4 Å². The molecule has 0 aromatic heterocycles. The number of hydrogen-bond acceptors (Lipinski definition) is 5. The minimum atomic E-state index is -3.96.